The van der Waals surface area contributed by atoms with E-state index < -0.39 is 6.43 Å². The summed E-state index contributed by atoms with van der Waals surface area (Å²) in [6, 6.07) is 7.47. The quantitative estimate of drug-likeness (QED) is 0.640. The Morgan fingerprint density at radius 3 is 2.45 bits per heavy atom. The highest BCUT2D eigenvalue weighted by atomic mass is 19.3. The molecule has 0 saturated carbocycles. The minimum absolute atomic E-state index is 0.117. The van der Waals surface area contributed by atoms with Crippen molar-refractivity contribution in [3.05, 3.63) is 29.8 Å². The van der Waals surface area contributed by atoms with Gasteiger partial charge in [0, 0.05) is 19.6 Å². The highest BCUT2D eigenvalue weighted by Crippen LogP contribution is 2.12. The Kier molecular flexibility index (Phi) is 8.10. The molecule has 6 heteroatoms. The monoisotopic (exact) mass is 288 g/mol. The van der Waals surface area contributed by atoms with Gasteiger partial charge >= 0.3 is 0 Å². The lowest BCUT2D eigenvalue weighted by atomic mass is 10.2. The van der Waals surface area contributed by atoms with Crippen LogP contribution in [-0.4, -0.2) is 49.3 Å². The normalized spacial score (nSPS) is 11.3. The largest absolute Gasteiger partial charge is 0.494 e. The van der Waals surface area contributed by atoms with Crippen LogP contribution in [0.4, 0.5) is 8.78 Å². The summed E-state index contributed by atoms with van der Waals surface area (Å²) in [5.74, 6) is 0.741. The van der Waals surface area contributed by atoms with Crippen LogP contribution in [-0.2, 0) is 6.54 Å². The first-order valence-corrected chi connectivity index (χ1v) is 6.69. The lowest BCUT2D eigenvalue weighted by molar-refractivity contribution is 0.0754. The molecule has 0 saturated heterocycles. The van der Waals surface area contributed by atoms with Crippen molar-refractivity contribution >= 4 is 0 Å². The average molecular weight is 288 g/mol. The third-order valence-corrected chi connectivity index (χ3v) is 2.86. The Labute approximate surface area is 118 Å². The van der Waals surface area contributed by atoms with E-state index in [1.54, 1.807) is 0 Å². The topological polar surface area (TPSA) is 58.7 Å². The Balaban J connectivity index is 2.24. The van der Waals surface area contributed by atoms with Crippen molar-refractivity contribution in [1.82, 2.24) is 4.90 Å². The first kappa shape index (κ1) is 16.8. The van der Waals surface area contributed by atoms with Crippen LogP contribution >= 0.6 is 0 Å². The molecule has 0 spiro atoms. The van der Waals surface area contributed by atoms with Crippen LogP contribution in [0.25, 0.3) is 0 Å². The van der Waals surface area contributed by atoms with Crippen LogP contribution in [0.15, 0.2) is 24.3 Å². The van der Waals surface area contributed by atoms with Crippen LogP contribution < -0.4 is 10.5 Å². The Morgan fingerprint density at radius 2 is 1.90 bits per heavy atom. The summed E-state index contributed by atoms with van der Waals surface area (Å²) >= 11 is 0. The highest BCUT2D eigenvalue weighted by Gasteiger charge is 2.11. The molecule has 0 aromatic heterocycles. The van der Waals surface area contributed by atoms with Crippen molar-refractivity contribution in [2.45, 2.75) is 19.4 Å². The Hall–Kier alpha value is -1.24. The highest BCUT2D eigenvalue weighted by molar-refractivity contribution is 5.26. The van der Waals surface area contributed by atoms with E-state index in [-0.39, 0.29) is 19.7 Å². The van der Waals surface area contributed by atoms with Crippen LogP contribution in [0.2, 0.25) is 0 Å². The molecular weight excluding hydrogens is 266 g/mol. The van der Waals surface area contributed by atoms with Crippen molar-refractivity contribution in [2.24, 2.45) is 5.73 Å². The van der Waals surface area contributed by atoms with Gasteiger partial charge in [0.15, 0.2) is 0 Å². The number of aliphatic hydroxyl groups excluding tert-OH is 1. The van der Waals surface area contributed by atoms with Gasteiger partial charge in [-0.25, -0.2) is 8.78 Å². The number of hydrogen-bond acceptors (Lipinski definition) is 4. The predicted octanol–water partition coefficient (Wildman–Crippen LogP) is 1.47. The zero-order chi connectivity index (χ0) is 14.8. The van der Waals surface area contributed by atoms with Crippen LogP contribution in [0.1, 0.15) is 12.0 Å². The van der Waals surface area contributed by atoms with E-state index in [1.807, 2.05) is 24.3 Å². The maximum Gasteiger partial charge on any atom is 0.251 e. The van der Waals surface area contributed by atoms with Gasteiger partial charge in [-0.15, -0.1) is 0 Å². The summed E-state index contributed by atoms with van der Waals surface area (Å²) in [6.45, 7) is 1.25. The van der Waals surface area contributed by atoms with E-state index in [9.17, 15) is 8.78 Å². The summed E-state index contributed by atoms with van der Waals surface area (Å²) in [7, 11) is 0. The standard InChI is InChI=1S/C14H22F2N2O2/c15-14(16)11-18(7-8-19)6-1-9-20-13-4-2-12(10-17)3-5-13/h2-5,14,19H,1,6-11,17H2. The number of benzene rings is 1. The van der Waals surface area contributed by atoms with Gasteiger partial charge < -0.3 is 15.6 Å². The molecule has 1 aromatic carbocycles. The fourth-order valence-corrected chi connectivity index (χ4v) is 1.83. The summed E-state index contributed by atoms with van der Waals surface area (Å²) in [5, 5.41) is 8.81. The molecule has 0 bridgehead atoms. The number of rotatable bonds is 10. The molecule has 114 valence electrons. The molecule has 0 radical (unpaired) electrons. The molecule has 1 aromatic rings. The number of alkyl halides is 2. The Morgan fingerprint density at radius 1 is 1.20 bits per heavy atom. The van der Waals surface area contributed by atoms with E-state index in [4.69, 9.17) is 15.6 Å². The number of aliphatic hydroxyl groups is 1. The van der Waals surface area contributed by atoms with Gasteiger partial charge in [-0.3, -0.25) is 4.90 Å². The fourth-order valence-electron chi connectivity index (χ4n) is 1.83. The number of halogens is 2. The van der Waals surface area contributed by atoms with Gasteiger partial charge in [0.05, 0.1) is 19.8 Å². The summed E-state index contributed by atoms with van der Waals surface area (Å²) in [4.78, 5) is 1.53. The van der Waals surface area contributed by atoms with Crippen molar-refractivity contribution in [2.75, 3.05) is 32.8 Å². The molecule has 0 atom stereocenters. The van der Waals surface area contributed by atoms with Crippen molar-refractivity contribution in [3.8, 4) is 5.75 Å². The molecule has 1 rings (SSSR count). The number of hydrogen-bond donors (Lipinski definition) is 2. The summed E-state index contributed by atoms with van der Waals surface area (Å²) in [6.07, 6.45) is -1.75. The first-order chi connectivity index (χ1) is 9.65. The lowest BCUT2D eigenvalue weighted by Gasteiger charge is -2.20. The summed E-state index contributed by atoms with van der Waals surface area (Å²) in [5.41, 5.74) is 6.53. The van der Waals surface area contributed by atoms with Crippen molar-refractivity contribution < 1.29 is 18.6 Å². The molecule has 0 fully saturated rings. The Bertz CT molecular complexity index is 361. The van der Waals surface area contributed by atoms with E-state index >= 15 is 0 Å². The van der Waals surface area contributed by atoms with Crippen LogP contribution in [0, 0.1) is 0 Å². The predicted molar refractivity (Wildman–Crippen MR) is 74.0 cm³/mol. The smallest absolute Gasteiger partial charge is 0.251 e. The second-order valence-electron chi connectivity index (χ2n) is 4.47. The maximum absolute atomic E-state index is 12.3. The molecule has 4 nitrogen and oxygen atoms in total. The van der Waals surface area contributed by atoms with Gasteiger partial charge in [0.2, 0.25) is 0 Å². The van der Waals surface area contributed by atoms with E-state index in [2.05, 4.69) is 0 Å². The van der Waals surface area contributed by atoms with Crippen molar-refractivity contribution in [3.63, 3.8) is 0 Å². The second kappa shape index (κ2) is 9.63. The summed E-state index contributed by atoms with van der Waals surface area (Å²) < 4.78 is 30.1. The molecule has 0 aliphatic carbocycles. The molecule has 0 aliphatic heterocycles. The number of nitrogens with zero attached hydrogens (tertiary/aromatic N) is 1. The maximum atomic E-state index is 12.3. The zero-order valence-corrected chi connectivity index (χ0v) is 11.5. The van der Waals surface area contributed by atoms with Crippen molar-refractivity contribution in [1.29, 1.82) is 0 Å². The van der Waals surface area contributed by atoms with Gasteiger partial charge in [0.25, 0.3) is 6.43 Å². The fraction of sp³-hybridized carbons (Fsp3) is 0.571. The molecule has 3 N–H and O–H groups in total. The van der Waals surface area contributed by atoms with E-state index in [0.29, 0.717) is 26.1 Å². The van der Waals surface area contributed by atoms with Crippen LogP contribution in [0.3, 0.4) is 0 Å². The lowest BCUT2D eigenvalue weighted by Crippen LogP contribution is -2.33. The third-order valence-electron chi connectivity index (χ3n) is 2.86. The molecule has 20 heavy (non-hydrogen) atoms. The van der Waals surface area contributed by atoms with Gasteiger partial charge in [0.1, 0.15) is 5.75 Å². The minimum atomic E-state index is -2.38. The molecule has 0 amide bonds. The first-order valence-electron chi connectivity index (χ1n) is 6.69. The number of ether oxygens (including phenoxy) is 1. The third kappa shape index (κ3) is 6.79. The average Bonchev–Trinajstić information content (AvgIpc) is 2.44. The van der Waals surface area contributed by atoms with E-state index in [0.717, 1.165) is 11.3 Å². The number of nitrogens with two attached hydrogens (primary N) is 1. The van der Waals surface area contributed by atoms with Gasteiger partial charge in [-0.05, 0) is 24.1 Å². The van der Waals surface area contributed by atoms with Gasteiger partial charge in [-0.1, -0.05) is 12.1 Å². The van der Waals surface area contributed by atoms with Gasteiger partial charge in [-0.2, -0.15) is 0 Å². The molecule has 0 unspecified atom stereocenters. The SMILES string of the molecule is NCc1ccc(OCCCN(CCO)CC(F)F)cc1. The van der Waals surface area contributed by atoms with Crippen LogP contribution in [0.5, 0.6) is 5.75 Å². The molecule has 0 heterocycles. The minimum Gasteiger partial charge on any atom is -0.494 e. The second-order valence-corrected chi connectivity index (χ2v) is 4.47. The molecular formula is C14H22F2N2O2. The van der Waals surface area contributed by atoms with E-state index in [1.165, 1.54) is 4.90 Å². The zero-order valence-electron chi connectivity index (χ0n) is 11.5. The molecule has 0 aliphatic rings.